The Kier molecular flexibility index (Phi) is 25.6. The van der Waals surface area contributed by atoms with Crippen molar-refractivity contribution >= 4 is 0 Å². The molecule has 3 nitrogen and oxygen atoms in total. The van der Waals surface area contributed by atoms with Gasteiger partial charge in [0.05, 0.1) is 12.7 Å². The van der Waals surface area contributed by atoms with Crippen LogP contribution in [-0.4, -0.2) is 44.4 Å². The molecule has 0 aliphatic carbocycles. The zero-order valence-corrected chi connectivity index (χ0v) is 25.9. The maximum Gasteiger partial charge on any atom is 0.0934 e. The Morgan fingerprint density at radius 1 is 0.579 bits per heavy atom. The van der Waals surface area contributed by atoms with Gasteiger partial charge in [0.25, 0.3) is 0 Å². The molecule has 0 aliphatic heterocycles. The molecule has 0 bridgehead atoms. The molecule has 38 heavy (non-hydrogen) atoms. The lowest BCUT2D eigenvalue weighted by atomic mass is 10.1. The highest BCUT2D eigenvalue weighted by molar-refractivity contribution is 5.14. The normalized spacial score (nSPS) is 12.4. The molecule has 3 heteroatoms. The molecular formula is C35H65NO2. The molecule has 1 atom stereocenters. The second kappa shape index (κ2) is 27.7. The lowest BCUT2D eigenvalue weighted by Crippen LogP contribution is -2.34. The van der Waals surface area contributed by atoms with Crippen molar-refractivity contribution in [1.82, 2.24) is 4.90 Å². The van der Waals surface area contributed by atoms with E-state index in [1.807, 2.05) is 0 Å². The average Bonchev–Trinajstić information content (AvgIpc) is 2.92. The zero-order valence-electron chi connectivity index (χ0n) is 25.9. The van der Waals surface area contributed by atoms with E-state index in [0.29, 0.717) is 6.61 Å². The van der Waals surface area contributed by atoms with Crippen LogP contribution in [0.15, 0.2) is 30.3 Å². The third-order valence-corrected chi connectivity index (χ3v) is 7.61. The van der Waals surface area contributed by atoms with Gasteiger partial charge in [-0.25, -0.2) is 0 Å². The molecule has 1 aromatic carbocycles. The highest BCUT2D eigenvalue weighted by Crippen LogP contribution is 2.13. The van der Waals surface area contributed by atoms with Crippen LogP contribution in [0.25, 0.3) is 0 Å². The molecular weight excluding hydrogens is 466 g/mol. The van der Waals surface area contributed by atoms with E-state index in [9.17, 15) is 0 Å². The summed E-state index contributed by atoms with van der Waals surface area (Å²) in [6.07, 6.45) is 27.4. The van der Waals surface area contributed by atoms with Crippen LogP contribution in [0.4, 0.5) is 0 Å². The smallest absolute Gasteiger partial charge is 0.0934 e. The third-order valence-electron chi connectivity index (χ3n) is 7.61. The number of hydrogen-bond donors (Lipinski definition) is 0. The van der Waals surface area contributed by atoms with Gasteiger partial charge in [-0.2, -0.15) is 0 Å². The fraction of sp³-hybridized carbons (Fsp3) is 0.829. The molecule has 0 aromatic heterocycles. The Morgan fingerprint density at radius 3 is 1.53 bits per heavy atom. The minimum atomic E-state index is 0.158. The van der Waals surface area contributed by atoms with Crippen molar-refractivity contribution < 1.29 is 9.47 Å². The van der Waals surface area contributed by atoms with Crippen molar-refractivity contribution in [2.75, 3.05) is 33.4 Å². The number of benzene rings is 1. The molecule has 0 fully saturated rings. The standard InChI is InChI=1S/C35H65NO2/c1-4-6-8-10-12-14-16-18-20-25-29-37-33-35(32-36(3)31-34-27-23-22-24-28-34)38-30-26-21-19-17-15-13-11-9-7-5-2/h22-24,27-28,35H,4-21,25-26,29-33H2,1-3H3. The van der Waals surface area contributed by atoms with E-state index in [-0.39, 0.29) is 6.10 Å². The highest BCUT2D eigenvalue weighted by atomic mass is 16.5. The van der Waals surface area contributed by atoms with Crippen LogP contribution in [0.3, 0.4) is 0 Å². The van der Waals surface area contributed by atoms with E-state index in [1.165, 1.54) is 134 Å². The molecule has 0 saturated heterocycles. The maximum atomic E-state index is 6.36. The summed E-state index contributed by atoms with van der Waals surface area (Å²) in [5, 5.41) is 0. The summed E-state index contributed by atoms with van der Waals surface area (Å²) in [5.74, 6) is 0. The van der Waals surface area contributed by atoms with Gasteiger partial charge in [0, 0.05) is 26.3 Å². The summed E-state index contributed by atoms with van der Waals surface area (Å²) in [6, 6.07) is 10.7. The predicted molar refractivity (Wildman–Crippen MR) is 167 cm³/mol. The van der Waals surface area contributed by atoms with Gasteiger partial charge in [0.2, 0.25) is 0 Å². The molecule has 1 unspecified atom stereocenters. The Balaban J connectivity index is 2.17. The van der Waals surface area contributed by atoms with Crippen molar-refractivity contribution in [1.29, 1.82) is 0 Å². The molecule has 0 spiro atoms. The summed E-state index contributed by atoms with van der Waals surface area (Å²) < 4.78 is 12.5. The molecule has 0 radical (unpaired) electrons. The SMILES string of the molecule is CCCCCCCCCCCCOCC(CN(C)Cc1ccccc1)OCCCCCCCCCCCC. The van der Waals surface area contributed by atoms with Crippen LogP contribution < -0.4 is 0 Å². The van der Waals surface area contributed by atoms with Gasteiger partial charge < -0.3 is 9.47 Å². The van der Waals surface area contributed by atoms with Gasteiger partial charge >= 0.3 is 0 Å². The first-order valence-electron chi connectivity index (χ1n) is 16.7. The number of nitrogens with zero attached hydrogens (tertiary/aromatic N) is 1. The molecule has 0 amide bonds. The minimum absolute atomic E-state index is 0.158. The van der Waals surface area contributed by atoms with E-state index in [2.05, 4.69) is 56.1 Å². The quantitative estimate of drug-likeness (QED) is 0.0960. The first kappa shape index (κ1) is 35.1. The number of unbranched alkanes of at least 4 members (excludes halogenated alkanes) is 18. The molecule has 1 aromatic rings. The van der Waals surface area contributed by atoms with Crippen LogP contribution in [0, 0.1) is 0 Å². The predicted octanol–water partition coefficient (Wildman–Crippen LogP) is 10.4. The molecule has 0 saturated carbocycles. The molecule has 1 rings (SSSR count). The Labute approximate surface area is 238 Å². The summed E-state index contributed by atoms with van der Waals surface area (Å²) in [4.78, 5) is 2.38. The maximum absolute atomic E-state index is 6.36. The Bertz CT molecular complexity index is 579. The Hall–Kier alpha value is -0.900. The highest BCUT2D eigenvalue weighted by Gasteiger charge is 2.13. The fourth-order valence-corrected chi connectivity index (χ4v) is 5.21. The topological polar surface area (TPSA) is 21.7 Å². The van der Waals surface area contributed by atoms with Crippen LogP contribution in [0.2, 0.25) is 0 Å². The average molecular weight is 532 g/mol. The molecule has 0 heterocycles. The second-order valence-corrected chi connectivity index (χ2v) is 11.6. The summed E-state index contributed by atoms with van der Waals surface area (Å²) >= 11 is 0. The van der Waals surface area contributed by atoms with Crippen LogP contribution in [-0.2, 0) is 16.0 Å². The molecule has 0 N–H and O–H groups in total. The second-order valence-electron chi connectivity index (χ2n) is 11.6. The van der Waals surface area contributed by atoms with Crippen molar-refractivity contribution in [3.63, 3.8) is 0 Å². The largest absolute Gasteiger partial charge is 0.379 e. The van der Waals surface area contributed by atoms with E-state index >= 15 is 0 Å². The van der Waals surface area contributed by atoms with Gasteiger partial charge in [-0.1, -0.05) is 160 Å². The molecule has 222 valence electrons. The van der Waals surface area contributed by atoms with Crippen molar-refractivity contribution in [2.24, 2.45) is 0 Å². The summed E-state index contributed by atoms with van der Waals surface area (Å²) in [6.45, 7) is 8.91. The van der Waals surface area contributed by atoms with E-state index in [4.69, 9.17) is 9.47 Å². The van der Waals surface area contributed by atoms with E-state index in [0.717, 1.165) is 26.3 Å². The van der Waals surface area contributed by atoms with Gasteiger partial charge in [-0.05, 0) is 25.5 Å². The first-order chi connectivity index (χ1) is 18.8. The van der Waals surface area contributed by atoms with Gasteiger partial charge in [0.1, 0.15) is 0 Å². The first-order valence-corrected chi connectivity index (χ1v) is 16.7. The van der Waals surface area contributed by atoms with E-state index in [1.54, 1.807) is 0 Å². The van der Waals surface area contributed by atoms with Gasteiger partial charge in [-0.3, -0.25) is 4.90 Å². The van der Waals surface area contributed by atoms with E-state index < -0.39 is 0 Å². The lowest BCUT2D eigenvalue weighted by Gasteiger charge is -2.24. The van der Waals surface area contributed by atoms with Crippen LogP contribution >= 0.6 is 0 Å². The number of hydrogen-bond acceptors (Lipinski definition) is 3. The van der Waals surface area contributed by atoms with Crippen LogP contribution in [0.1, 0.15) is 148 Å². The minimum Gasteiger partial charge on any atom is -0.379 e. The van der Waals surface area contributed by atoms with Crippen molar-refractivity contribution in [3.8, 4) is 0 Å². The molecule has 0 aliphatic rings. The third kappa shape index (κ3) is 23.0. The van der Waals surface area contributed by atoms with Gasteiger partial charge in [0.15, 0.2) is 0 Å². The van der Waals surface area contributed by atoms with Crippen LogP contribution in [0.5, 0.6) is 0 Å². The fourth-order valence-electron chi connectivity index (χ4n) is 5.21. The monoisotopic (exact) mass is 532 g/mol. The zero-order chi connectivity index (χ0) is 27.4. The summed E-state index contributed by atoms with van der Waals surface area (Å²) in [5.41, 5.74) is 1.36. The van der Waals surface area contributed by atoms with Crippen molar-refractivity contribution in [3.05, 3.63) is 35.9 Å². The van der Waals surface area contributed by atoms with Crippen molar-refractivity contribution in [2.45, 2.75) is 155 Å². The lowest BCUT2D eigenvalue weighted by molar-refractivity contribution is -0.0322. The summed E-state index contributed by atoms with van der Waals surface area (Å²) in [7, 11) is 2.20. The number of ether oxygens (including phenoxy) is 2. The number of rotatable bonds is 29. The number of likely N-dealkylation sites (N-methyl/N-ethyl adjacent to an activating group) is 1. The van der Waals surface area contributed by atoms with Gasteiger partial charge in [-0.15, -0.1) is 0 Å². The Morgan fingerprint density at radius 2 is 1.03 bits per heavy atom.